The van der Waals surface area contributed by atoms with Gasteiger partial charge in [-0.05, 0) is 32.9 Å². The molecule has 2 N–H and O–H groups in total. The normalized spacial score (nSPS) is 17.5. The van der Waals surface area contributed by atoms with Gasteiger partial charge in [-0.1, -0.05) is 0 Å². The molecule has 1 aliphatic rings. The first kappa shape index (κ1) is 17.2. The van der Waals surface area contributed by atoms with E-state index in [2.05, 4.69) is 53.4 Å². The second-order valence-electron chi connectivity index (χ2n) is 6.20. The van der Waals surface area contributed by atoms with Crippen LogP contribution < -0.4 is 10.6 Å². The molecule has 0 atom stereocenters. The number of nitrogens with one attached hydrogen (secondary N) is 2. The Morgan fingerprint density at radius 1 is 1.32 bits per heavy atom. The zero-order valence-electron chi connectivity index (χ0n) is 14.1. The van der Waals surface area contributed by atoms with Crippen molar-refractivity contribution in [3.05, 3.63) is 21.9 Å². The van der Waals surface area contributed by atoms with Crippen molar-refractivity contribution in [3.63, 3.8) is 0 Å². The fourth-order valence-corrected chi connectivity index (χ4v) is 3.38. The molecule has 2 heterocycles. The van der Waals surface area contributed by atoms with Crippen LogP contribution in [0.1, 0.15) is 23.6 Å². The third kappa shape index (κ3) is 4.97. The smallest absolute Gasteiger partial charge is 0.191 e. The van der Waals surface area contributed by atoms with Gasteiger partial charge in [0, 0.05) is 42.0 Å². The Kier molecular flexibility index (Phi) is 6.23. The topological polar surface area (TPSA) is 48.9 Å². The average Bonchev–Trinajstić information content (AvgIpc) is 2.94. The van der Waals surface area contributed by atoms with Crippen LogP contribution in [-0.2, 0) is 11.3 Å². The summed E-state index contributed by atoms with van der Waals surface area (Å²) in [6.45, 7) is 12.0. The van der Waals surface area contributed by atoms with Gasteiger partial charge in [0.15, 0.2) is 5.96 Å². The van der Waals surface area contributed by atoms with Crippen molar-refractivity contribution in [2.75, 3.05) is 39.9 Å². The molecule has 6 heteroatoms. The lowest BCUT2D eigenvalue weighted by Crippen LogP contribution is -2.56. The maximum absolute atomic E-state index is 5.43. The zero-order chi connectivity index (χ0) is 16.0. The molecule has 0 saturated carbocycles. The van der Waals surface area contributed by atoms with Crippen molar-refractivity contribution in [1.82, 2.24) is 15.5 Å². The number of guanidine groups is 1. The zero-order valence-corrected chi connectivity index (χ0v) is 14.9. The van der Waals surface area contributed by atoms with Crippen LogP contribution in [0.2, 0.25) is 0 Å². The van der Waals surface area contributed by atoms with Crippen LogP contribution in [-0.4, -0.2) is 56.3 Å². The summed E-state index contributed by atoms with van der Waals surface area (Å²) in [5, 5.41) is 6.83. The summed E-state index contributed by atoms with van der Waals surface area (Å²) in [5.41, 5.74) is 0.0842. The standard InChI is InChI=1S/C16H28N4OS/c1-13-5-6-14(22-13)11-18-15(17-4)19-12-16(2,3)20-7-9-21-10-8-20/h5-6H,7-12H2,1-4H3,(H2,17,18,19). The van der Waals surface area contributed by atoms with Gasteiger partial charge in [0.2, 0.25) is 0 Å². The van der Waals surface area contributed by atoms with Gasteiger partial charge in [0.25, 0.3) is 0 Å². The van der Waals surface area contributed by atoms with Gasteiger partial charge in [-0.15, -0.1) is 11.3 Å². The summed E-state index contributed by atoms with van der Waals surface area (Å²) < 4.78 is 5.43. The summed E-state index contributed by atoms with van der Waals surface area (Å²) in [5.74, 6) is 0.854. The predicted octanol–water partition coefficient (Wildman–Crippen LogP) is 1.83. The Bertz CT molecular complexity index is 492. The lowest BCUT2D eigenvalue weighted by atomic mass is 10.0. The lowest BCUT2D eigenvalue weighted by Gasteiger charge is -2.41. The number of thiophene rings is 1. The van der Waals surface area contributed by atoms with Crippen LogP contribution >= 0.6 is 11.3 Å². The quantitative estimate of drug-likeness (QED) is 0.641. The Labute approximate surface area is 137 Å². The molecule has 0 unspecified atom stereocenters. The van der Waals surface area contributed by atoms with E-state index in [4.69, 9.17) is 4.74 Å². The molecule has 0 radical (unpaired) electrons. The molecule has 1 fully saturated rings. The average molecular weight is 324 g/mol. The second-order valence-corrected chi connectivity index (χ2v) is 7.58. The summed E-state index contributed by atoms with van der Waals surface area (Å²) in [7, 11) is 1.82. The van der Waals surface area contributed by atoms with Crippen LogP contribution in [0.4, 0.5) is 0 Å². The van der Waals surface area contributed by atoms with E-state index in [1.807, 2.05) is 18.4 Å². The van der Waals surface area contributed by atoms with E-state index in [1.54, 1.807) is 0 Å². The molecule has 5 nitrogen and oxygen atoms in total. The van der Waals surface area contributed by atoms with E-state index in [-0.39, 0.29) is 5.54 Å². The Morgan fingerprint density at radius 2 is 2.05 bits per heavy atom. The summed E-state index contributed by atoms with van der Waals surface area (Å²) in [6.07, 6.45) is 0. The molecule has 22 heavy (non-hydrogen) atoms. The lowest BCUT2D eigenvalue weighted by molar-refractivity contribution is -0.00834. The largest absolute Gasteiger partial charge is 0.379 e. The maximum Gasteiger partial charge on any atom is 0.191 e. The van der Waals surface area contributed by atoms with Crippen molar-refractivity contribution in [2.24, 2.45) is 4.99 Å². The maximum atomic E-state index is 5.43. The highest BCUT2D eigenvalue weighted by Crippen LogP contribution is 2.16. The fraction of sp³-hybridized carbons (Fsp3) is 0.688. The Balaban J connectivity index is 1.79. The second kappa shape index (κ2) is 7.94. The number of rotatable bonds is 5. The van der Waals surface area contributed by atoms with Crippen LogP contribution in [0.15, 0.2) is 17.1 Å². The van der Waals surface area contributed by atoms with Crippen molar-refractivity contribution in [2.45, 2.75) is 32.9 Å². The highest BCUT2D eigenvalue weighted by Gasteiger charge is 2.28. The van der Waals surface area contributed by atoms with Gasteiger partial charge in [-0.25, -0.2) is 0 Å². The number of nitrogens with zero attached hydrogens (tertiary/aromatic N) is 2. The molecule has 0 aliphatic carbocycles. The van der Waals surface area contributed by atoms with Crippen molar-refractivity contribution in [1.29, 1.82) is 0 Å². The summed E-state index contributed by atoms with van der Waals surface area (Å²) >= 11 is 1.82. The SMILES string of the molecule is CN=C(NCc1ccc(C)s1)NCC(C)(C)N1CCOCC1. The number of aryl methyl sites for hydroxylation is 1. The van der Waals surface area contributed by atoms with E-state index >= 15 is 0 Å². The Hall–Kier alpha value is -1.11. The summed E-state index contributed by atoms with van der Waals surface area (Å²) in [6, 6.07) is 4.32. The molecule has 2 rings (SSSR count). The molecule has 1 aromatic heterocycles. The molecule has 0 amide bonds. The first-order valence-electron chi connectivity index (χ1n) is 7.84. The van der Waals surface area contributed by atoms with Crippen LogP contribution in [0.5, 0.6) is 0 Å². The monoisotopic (exact) mass is 324 g/mol. The molecular formula is C16H28N4OS. The predicted molar refractivity (Wildman–Crippen MR) is 93.7 cm³/mol. The van der Waals surface area contributed by atoms with E-state index in [0.717, 1.165) is 45.4 Å². The number of hydrogen-bond donors (Lipinski definition) is 2. The van der Waals surface area contributed by atoms with Crippen molar-refractivity contribution < 1.29 is 4.74 Å². The fourth-order valence-electron chi connectivity index (χ4n) is 2.55. The highest BCUT2D eigenvalue weighted by molar-refractivity contribution is 7.11. The first-order valence-corrected chi connectivity index (χ1v) is 8.65. The highest BCUT2D eigenvalue weighted by atomic mass is 32.1. The minimum Gasteiger partial charge on any atom is -0.379 e. The molecule has 1 aromatic rings. The third-order valence-electron chi connectivity index (χ3n) is 4.01. The number of morpholine rings is 1. The minimum absolute atomic E-state index is 0.0842. The molecule has 0 bridgehead atoms. The van der Waals surface area contributed by atoms with Gasteiger partial charge in [0.1, 0.15) is 0 Å². The molecule has 0 spiro atoms. The minimum atomic E-state index is 0.0842. The first-order chi connectivity index (χ1) is 10.5. The van der Waals surface area contributed by atoms with Crippen molar-refractivity contribution in [3.8, 4) is 0 Å². The van der Waals surface area contributed by atoms with Gasteiger partial charge >= 0.3 is 0 Å². The third-order valence-corrected chi connectivity index (χ3v) is 5.01. The van der Waals surface area contributed by atoms with Gasteiger partial charge in [-0.2, -0.15) is 0 Å². The number of aliphatic imine (C=N–C) groups is 1. The van der Waals surface area contributed by atoms with Gasteiger partial charge in [0.05, 0.1) is 19.8 Å². The molecule has 1 aliphatic heterocycles. The molecule has 1 saturated heterocycles. The van der Waals surface area contributed by atoms with Crippen LogP contribution in [0, 0.1) is 6.92 Å². The molecule has 124 valence electrons. The molecular weight excluding hydrogens is 296 g/mol. The van der Waals surface area contributed by atoms with E-state index < -0.39 is 0 Å². The van der Waals surface area contributed by atoms with E-state index in [0.29, 0.717) is 0 Å². The summed E-state index contributed by atoms with van der Waals surface area (Å²) in [4.78, 5) is 9.45. The van der Waals surface area contributed by atoms with E-state index in [9.17, 15) is 0 Å². The number of hydrogen-bond acceptors (Lipinski definition) is 4. The molecule has 0 aromatic carbocycles. The van der Waals surface area contributed by atoms with Crippen molar-refractivity contribution >= 4 is 17.3 Å². The Morgan fingerprint density at radius 3 is 2.64 bits per heavy atom. The van der Waals surface area contributed by atoms with E-state index in [1.165, 1.54) is 9.75 Å². The van der Waals surface area contributed by atoms with Crippen LogP contribution in [0.3, 0.4) is 0 Å². The van der Waals surface area contributed by atoms with Crippen LogP contribution in [0.25, 0.3) is 0 Å². The van der Waals surface area contributed by atoms with Gasteiger partial charge in [-0.3, -0.25) is 9.89 Å². The number of ether oxygens (including phenoxy) is 1. The van der Waals surface area contributed by atoms with Gasteiger partial charge < -0.3 is 15.4 Å².